The fourth-order valence-corrected chi connectivity index (χ4v) is 1.90. The summed E-state index contributed by atoms with van der Waals surface area (Å²) in [7, 11) is 1.59. The number of nitrogens with one attached hydrogen (secondary N) is 2. The SMILES string of the molecule is COc1ccc(C(=O)Nc2ccnc3[nH]ncc23)cc1. The van der Waals surface area contributed by atoms with E-state index in [1.54, 1.807) is 49.8 Å². The van der Waals surface area contributed by atoms with Crippen molar-refractivity contribution in [3.63, 3.8) is 0 Å². The van der Waals surface area contributed by atoms with Gasteiger partial charge < -0.3 is 10.1 Å². The Labute approximate surface area is 114 Å². The maximum atomic E-state index is 12.2. The second-order valence-electron chi connectivity index (χ2n) is 4.17. The van der Waals surface area contributed by atoms with E-state index < -0.39 is 0 Å². The van der Waals surface area contributed by atoms with Gasteiger partial charge in [0.1, 0.15) is 5.75 Å². The lowest BCUT2D eigenvalue weighted by molar-refractivity contribution is 0.102. The molecule has 2 N–H and O–H groups in total. The summed E-state index contributed by atoms with van der Waals surface area (Å²) in [6.45, 7) is 0. The van der Waals surface area contributed by atoms with Crippen LogP contribution in [0.4, 0.5) is 5.69 Å². The number of fused-ring (bicyclic) bond motifs is 1. The molecule has 0 saturated carbocycles. The van der Waals surface area contributed by atoms with Gasteiger partial charge >= 0.3 is 0 Å². The van der Waals surface area contributed by atoms with Gasteiger partial charge in [0.15, 0.2) is 5.65 Å². The molecule has 2 aromatic heterocycles. The van der Waals surface area contributed by atoms with Crippen molar-refractivity contribution in [3.8, 4) is 5.75 Å². The van der Waals surface area contributed by atoms with Crippen LogP contribution in [0.2, 0.25) is 0 Å². The molecule has 3 aromatic rings. The minimum absolute atomic E-state index is 0.193. The van der Waals surface area contributed by atoms with Crippen molar-refractivity contribution in [2.45, 2.75) is 0 Å². The third kappa shape index (κ3) is 2.18. The van der Waals surface area contributed by atoms with Gasteiger partial charge in [0.2, 0.25) is 0 Å². The summed E-state index contributed by atoms with van der Waals surface area (Å²) < 4.78 is 5.06. The molecule has 2 heterocycles. The Morgan fingerprint density at radius 3 is 2.80 bits per heavy atom. The smallest absolute Gasteiger partial charge is 0.255 e. The zero-order chi connectivity index (χ0) is 13.9. The number of carbonyl (C=O) groups excluding carboxylic acids is 1. The molecule has 6 nitrogen and oxygen atoms in total. The molecule has 0 saturated heterocycles. The number of H-pyrrole nitrogens is 1. The van der Waals surface area contributed by atoms with Crippen molar-refractivity contribution >= 4 is 22.6 Å². The standard InChI is InChI=1S/C14H12N4O2/c1-20-10-4-2-9(3-5-10)14(19)17-12-6-7-15-13-11(12)8-16-18-13/h2-8H,1H3,(H2,15,16,17,18,19). The van der Waals surface area contributed by atoms with Gasteiger partial charge in [-0.05, 0) is 30.3 Å². The summed E-state index contributed by atoms with van der Waals surface area (Å²) in [4.78, 5) is 16.3. The minimum Gasteiger partial charge on any atom is -0.497 e. The summed E-state index contributed by atoms with van der Waals surface area (Å²) in [5, 5.41) is 10.3. The molecule has 0 aliphatic heterocycles. The molecule has 0 aliphatic rings. The summed E-state index contributed by atoms with van der Waals surface area (Å²) >= 11 is 0. The van der Waals surface area contributed by atoms with E-state index in [1.165, 1.54) is 0 Å². The largest absolute Gasteiger partial charge is 0.497 e. The van der Waals surface area contributed by atoms with Crippen LogP contribution in [-0.4, -0.2) is 28.2 Å². The first-order chi connectivity index (χ1) is 9.78. The second-order valence-corrected chi connectivity index (χ2v) is 4.17. The van der Waals surface area contributed by atoms with E-state index in [4.69, 9.17) is 4.74 Å². The van der Waals surface area contributed by atoms with Crippen LogP contribution < -0.4 is 10.1 Å². The predicted octanol–water partition coefficient (Wildman–Crippen LogP) is 2.22. The van der Waals surface area contributed by atoms with Gasteiger partial charge in [-0.3, -0.25) is 9.89 Å². The Morgan fingerprint density at radius 1 is 1.25 bits per heavy atom. The lowest BCUT2D eigenvalue weighted by Gasteiger charge is -2.06. The Hall–Kier alpha value is -2.89. The average Bonchev–Trinajstić information content (AvgIpc) is 2.97. The van der Waals surface area contributed by atoms with E-state index in [-0.39, 0.29) is 5.91 Å². The number of nitrogens with zero attached hydrogens (tertiary/aromatic N) is 2. The Balaban J connectivity index is 1.86. The van der Waals surface area contributed by atoms with Gasteiger partial charge in [-0.1, -0.05) is 0 Å². The number of benzene rings is 1. The van der Waals surface area contributed by atoms with E-state index in [0.717, 1.165) is 5.39 Å². The zero-order valence-corrected chi connectivity index (χ0v) is 10.8. The van der Waals surface area contributed by atoms with Crippen molar-refractivity contribution in [3.05, 3.63) is 48.3 Å². The van der Waals surface area contributed by atoms with Crippen molar-refractivity contribution in [2.24, 2.45) is 0 Å². The van der Waals surface area contributed by atoms with Crippen molar-refractivity contribution < 1.29 is 9.53 Å². The highest BCUT2D eigenvalue weighted by Crippen LogP contribution is 2.20. The van der Waals surface area contributed by atoms with Crippen molar-refractivity contribution in [2.75, 3.05) is 12.4 Å². The normalized spacial score (nSPS) is 10.4. The molecule has 0 atom stereocenters. The topological polar surface area (TPSA) is 79.9 Å². The molecular weight excluding hydrogens is 256 g/mol. The summed E-state index contributed by atoms with van der Waals surface area (Å²) in [6.07, 6.45) is 3.25. The molecule has 0 unspecified atom stereocenters. The number of pyridine rings is 1. The van der Waals surface area contributed by atoms with Crippen molar-refractivity contribution in [1.82, 2.24) is 15.2 Å². The molecule has 0 fully saturated rings. The number of ether oxygens (including phenoxy) is 1. The van der Waals surface area contributed by atoms with Crippen LogP contribution in [0.15, 0.2) is 42.7 Å². The highest BCUT2D eigenvalue weighted by atomic mass is 16.5. The van der Waals surface area contributed by atoms with Crippen LogP contribution in [0.1, 0.15) is 10.4 Å². The lowest BCUT2D eigenvalue weighted by atomic mass is 10.2. The van der Waals surface area contributed by atoms with E-state index in [1.807, 2.05) is 0 Å². The van der Waals surface area contributed by atoms with Crippen LogP contribution in [0, 0.1) is 0 Å². The number of carbonyl (C=O) groups is 1. The third-order valence-electron chi connectivity index (χ3n) is 2.95. The van der Waals surface area contributed by atoms with E-state index >= 15 is 0 Å². The van der Waals surface area contributed by atoms with E-state index in [9.17, 15) is 4.79 Å². The van der Waals surface area contributed by atoms with E-state index in [0.29, 0.717) is 22.6 Å². The maximum absolute atomic E-state index is 12.2. The van der Waals surface area contributed by atoms with Crippen LogP contribution in [0.3, 0.4) is 0 Å². The number of methoxy groups -OCH3 is 1. The molecule has 20 heavy (non-hydrogen) atoms. The molecule has 0 bridgehead atoms. The molecule has 100 valence electrons. The van der Waals surface area contributed by atoms with Crippen molar-refractivity contribution in [1.29, 1.82) is 0 Å². The predicted molar refractivity (Wildman–Crippen MR) is 74.8 cm³/mol. The quantitative estimate of drug-likeness (QED) is 0.763. The maximum Gasteiger partial charge on any atom is 0.255 e. The summed E-state index contributed by atoms with van der Waals surface area (Å²) in [6, 6.07) is 8.65. The Bertz CT molecular complexity index is 749. The number of aromatic amines is 1. The number of anilines is 1. The van der Waals surface area contributed by atoms with Crippen LogP contribution >= 0.6 is 0 Å². The number of rotatable bonds is 3. The first-order valence-electron chi connectivity index (χ1n) is 6.01. The van der Waals surface area contributed by atoms with Gasteiger partial charge in [-0.2, -0.15) is 5.10 Å². The zero-order valence-electron chi connectivity index (χ0n) is 10.8. The van der Waals surface area contributed by atoms with Gasteiger partial charge in [0, 0.05) is 11.8 Å². The van der Waals surface area contributed by atoms with Crippen LogP contribution in [0.25, 0.3) is 11.0 Å². The van der Waals surface area contributed by atoms with Gasteiger partial charge in [0.05, 0.1) is 24.4 Å². The number of hydrogen-bond acceptors (Lipinski definition) is 4. The number of hydrogen-bond donors (Lipinski definition) is 2. The third-order valence-corrected chi connectivity index (χ3v) is 2.95. The Kier molecular flexibility index (Phi) is 3.04. The molecule has 1 aromatic carbocycles. The lowest BCUT2D eigenvalue weighted by Crippen LogP contribution is -2.12. The van der Waals surface area contributed by atoms with Crippen LogP contribution in [0.5, 0.6) is 5.75 Å². The van der Waals surface area contributed by atoms with Crippen LogP contribution in [-0.2, 0) is 0 Å². The molecule has 3 rings (SSSR count). The number of amides is 1. The molecule has 6 heteroatoms. The molecule has 0 spiro atoms. The molecular formula is C14H12N4O2. The van der Waals surface area contributed by atoms with E-state index in [2.05, 4.69) is 20.5 Å². The first kappa shape index (κ1) is 12.2. The highest BCUT2D eigenvalue weighted by molar-refractivity contribution is 6.08. The molecule has 1 amide bonds. The summed E-state index contributed by atoms with van der Waals surface area (Å²) in [5.74, 6) is 0.518. The highest BCUT2D eigenvalue weighted by Gasteiger charge is 2.09. The molecule has 0 aliphatic carbocycles. The molecule has 0 radical (unpaired) electrons. The Morgan fingerprint density at radius 2 is 2.05 bits per heavy atom. The second kappa shape index (κ2) is 5.00. The number of aromatic nitrogens is 3. The van der Waals surface area contributed by atoms with Gasteiger partial charge in [-0.25, -0.2) is 4.98 Å². The monoisotopic (exact) mass is 268 g/mol. The fourth-order valence-electron chi connectivity index (χ4n) is 1.90. The fraction of sp³-hybridized carbons (Fsp3) is 0.0714. The minimum atomic E-state index is -0.193. The summed E-state index contributed by atoms with van der Waals surface area (Å²) in [5.41, 5.74) is 1.86. The van der Waals surface area contributed by atoms with Gasteiger partial charge in [0.25, 0.3) is 5.91 Å². The van der Waals surface area contributed by atoms with Gasteiger partial charge in [-0.15, -0.1) is 0 Å². The first-order valence-corrected chi connectivity index (χ1v) is 6.01. The average molecular weight is 268 g/mol.